The van der Waals surface area contributed by atoms with Crippen molar-refractivity contribution in [3.63, 3.8) is 0 Å². The van der Waals surface area contributed by atoms with E-state index in [0.717, 1.165) is 0 Å². The van der Waals surface area contributed by atoms with E-state index in [1.165, 1.54) is 36.8 Å². The lowest BCUT2D eigenvalue weighted by Gasteiger charge is -2.32. The standard InChI is InChI=1S/C16H20O2/c1-15(2)17-13-11-7-3-4-8-12(11)16(14(13)18-15)9-5-6-10-16/h3-4,7-8,13-14H,5-6,9-10H2,1-2H3/t13-,14-/m1/s1. The van der Waals surface area contributed by atoms with Gasteiger partial charge in [-0.15, -0.1) is 0 Å². The Morgan fingerprint density at radius 1 is 1.06 bits per heavy atom. The van der Waals surface area contributed by atoms with Crippen molar-refractivity contribution in [1.29, 1.82) is 0 Å². The van der Waals surface area contributed by atoms with Crippen LogP contribution in [-0.2, 0) is 14.9 Å². The lowest BCUT2D eigenvalue weighted by atomic mass is 9.78. The van der Waals surface area contributed by atoms with Gasteiger partial charge in [-0.25, -0.2) is 0 Å². The van der Waals surface area contributed by atoms with Crippen LogP contribution in [0.5, 0.6) is 0 Å². The average molecular weight is 244 g/mol. The Labute approximate surface area is 108 Å². The van der Waals surface area contributed by atoms with Gasteiger partial charge in [-0.05, 0) is 37.8 Å². The van der Waals surface area contributed by atoms with Crippen molar-refractivity contribution in [3.05, 3.63) is 35.4 Å². The molecule has 2 aliphatic carbocycles. The van der Waals surface area contributed by atoms with Crippen LogP contribution in [0.4, 0.5) is 0 Å². The Bertz CT molecular complexity index is 486. The number of hydrogen-bond acceptors (Lipinski definition) is 2. The summed E-state index contributed by atoms with van der Waals surface area (Å²) in [4.78, 5) is 0. The highest BCUT2D eigenvalue weighted by atomic mass is 16.8. The van der Waals surface area contributed by atoms with Gasteiger partial charge in [-0.1, -0.05) is 37.1 Å². The molecule has 2 fully saturated rings. The zero-order valence-corrected chi connectivity index (χ0v) is 11.1. The predicted molar refractivity (Wildman–Crippen MR) is 69.4 cm³/mol. The molecule has 2 heteroatoms. The summed E-state index contributed by atoms with van der Waals surface area (Å²) >= 11 is 0. The highest BCUT2D eigenvalue weighted by Gasteiger charge is 2.60. The summed E-state index contributed by atoms with van der Waals surface area (Å²) in [5.41, 5.74) is 3.10. The summed E-state index contributed by atoms with van der Waals surface area (Å²) in [5, 5.41) is 0. The van der Waals surface area contributed by atoms with Crippen molar-refractivity contribution in [1.82, 2.24) is 0 Å². The van der Waals surface area contributed by atoms with Crippen molar-refractivity contribution in [2.24, 2.45) is 0 Å². The van der Waals surface area contributed by atoms with Crippen molar-refractivity contribution >= 4 is 0 Å². The topological polar surface area (TPSA) is 18.5 Å². The van der Waals surface area contributed by atoms with Gasteiger partial charge in [0.15, 0.2) is 5.79 Å². The number of hydrogen-bond donors (Lipinski definition) is 0. The molecule has 0 radical (unpaired) electrons. The van der Waals surface area contributed by atoms with E-state index in [9.17, 15) is 0 Å². The summed E-state index contributed by atoms with van der Waals surface area (Å²) in [6.45, 7) is 4.08. The quantitative estimate of drug-likeness (QED) is 0.692. The minimum Gasteiger partial charge on any atom is -0.343 e. The van der Waals surface area contributed by atoms with Crippen LogP contribution >= 0.6 is 0 Å². The number of fused-ring (bicyclic) bond motifs is 5. The summed E-state index contributed by atoms with van der Waals surface area (Å²) in [6, 6.07) is 8.80. The normalized spacial score (nSPS) is 34.8. The third-order valence-electron chi connectivity index (χ3n) is 4.94. The van der Waals surface area contributed by atoms with Crippen LogP contribution in [0.15, 0.2) is 24.3 Å². The third kappa shape index (κ3) is 1.25. The van der Waals surface area contributed by atoms with E-state index in [0.29, 0.717) is 0 Å². The van der Waals surface area contributed by atoms with E-state index in [1.54, 1.807) is 0 Å². The van der Waals surface area contributed by atoms with E-state index < -0.39 is 5.79 Å². The fourth-order valence-corrected chi connectivity index (χ4v) is 4.30. The van der Waals surface area contributed by atoms with Gasteiger partial charge in [-0.3, -0.25) is 0 Å². The lowest BCUT2D eigenvalue weighted by Crippen LogP contribution is -2.36. The highest BCUT2D eigenvalue weighted by molar-refractivity contribution is 5.45. The Morgan fingerprint density at radius 3 is 2.56 bits per heavy atom. The van der Waals surface area contributed by atoms with Crippen molar-refractivity contribution in [2.75, 3.05) is 0 Å². The number of benzene rings is 1. The van der Waals surface area contributed by atoms with E-state index in [-0.39, 0.29) is 17.6 Å². The molecule has 2 atom stereocenters. The molecule has 1 spiro atoms. The average Bonchev–Trinajstić information content (AvgIpc) is 2.98. The number of rotatable bonds is 0. The molecule has 1 heterocycles. The third-order valence-corrected chi connectivity index (χ3v) is 4.94. The van der Waals surface area contributed by atoms with E-state index in [2.05, 4.69) is 24.3 Å². The van der Waals surface area contributed by atoms with Crippen LogP contribution in [-0.4, -0.2) is 11.9 Å². The van der Waals surface area contributed by atoms with Gasteiger partial charge < -0.3 is 9.47 Å². The molecule has 1 aromatic carbocycles. The van der Waals surface area contributed by atoms with Crippen molar-refractivity contribution < 1.29 is 9.47 Å². The summed E-state index contributed by atoms with van der Waals surface area (Å²) < 4.78 is 12.4. The molecule has 3 aliphatic rings. The largest absolute Gasteiger partial charge is 0.343 e. The molecular weight excluding hydrogens is 224 g/mol. The first-order valence-corrected chi connectivity index (χ1v) is 7.07. The Balaban J connectivity index is 1.88. The predicted octanol–water partition coefficient (Wildman–Crippen LogP) is 3.70. The molecule has 0 N–H and O–H groups in total. The first-order valence-electron chi connectivity index (χ1n) is 7.07. The van der Waals surface area contributed by atoms with Gasteiger partial charge in [0.05, 0.1) is 0 Å². The number of ether oxygens (including phenoxy) is 2. The van der Waals surface area contributed by atoms with Gasteiger partial charge in [0.1, 0.15) is 12.2 Å². The lowest BCUT2D eigenvalue weighted by molar-refractivity contribution is -0.155. The summed E-state index contributed by atoms with van der Waals surface area (Å²) in [6.07, 6.45) is 5.53. The van der Waals surface area contributed by atoms with Gasteiger partial charge in [0, 0.05) is 5.41 Å². The molecule has 0 unspecified atom stereocenters. The highest BCUT2D eigenvalue weighted by Crippen LogP contribution is 2.60. The van der Waals surface area contributed by atoms with Crippen LogP contribution < -0.4 is 0 Å². The molecule has 1 saturated heterocycles. The first-order chi connectivity index (χ1) is 8.62. The molecule has 2 nitrogen and oxygen atoms in total. The van der Waals surface area contributed by atoms with E-state index in [1.807, 2.05) is 13.8 Å². The Morgan fingerprint density at radius 2 is 1.78 bits per heavy atom. The second kappa shape index (κ2) is 3.37. The van der Waals surface area contributed by atoms with Gasteiger partial charge in [0.25, 0.3) is 0 Å². The van der Waals surface area contributed by atoms with Crippen LogP contribution in [0.1, 0.15) is 56.8 Å². The first kappa shape index (κ1) is 11.0. The molecule has 18 heavy (non-hydrogen) atoms. The maximum atomic E-state index is 6.27. The van der Waals surface area contributed by atoms with Crippen LogP contribution in [0.2, 0.25) is 0 Å². The Kier molecular flexibility index (Phi) is 2.06. The monoisotopic (exact) mass is 244 g/mol. The molecule has 1 aromatic rings. The second-order valence-electron chi connectivity index (χ2n) is 6.43. The van der Waals surface area contributed by atoms with E-state index >= 15 is 0 Å². The molecule has 0 amide bonds. The maximum absolute atomic E-state index is 6.27. The Hall–Kier alpha value is -0.860. The van der Waals surface area contributed by atoms with E-state index in [4.69, 9.17) is 9.47 Å². The zero-order chi connectivity index (χ0) is 12.4. The van der Waals surface area contributed by atoms with Gasteiger partial charge in [0.2, 0.25) is 0 Å². The van der Waals surface area contributed by atoms with Crippen molar-refractivity contribution in [2.45, 2.75) is 62.9 Å². The SMILES string of the molecule is CC1(C)O[C@@H]2c3ccccc3C3(CCCC3)[C@@H]2O1. The summed E-state index contributed by atoms with van der Waals surface area (Å²) in [5.74, 6) is -0.432. The van der Waals surface area contributed by atoms with Crippen LogP contribution in [0.25, 0.3) is 0 Å². The minimum absolute atomic E-state index is 0.147. The maximum Gasteiger partial charge on any atom is 0.164 e. The smallest absolute Gasteiger partial charge is 0.164 e. The van der Waals surface area contributed by atoms with Crippen molar-refractivity contribution in [3.8, 4) is 0 Å². The molecule has 0 bridgehead atoms. The zero-order valence-electron chi connectivity index (χ0n) is 11.1. The molecule has 1 aliphatic heterocycles. The second-order valence-corrected chi connectivity index (χ2v) is 6.43. The summed E-state index contributed by atoms with van der Waals surface area (Å²) in [7, 11) is 0. The van der Waals surface area contributed by atoms with Gasteiger partial charge >= 0.3 is 0 Å². The fourth-order valence-electron chi connectivity index (χ4n) is 4.30. The fraction of sp³-hybridized carbons (Fsp3) is 0.625. The minimum atomic E-state index is -0.432. The molecule has 0 aromatic heterocycles. The van der Waals surface area contributed by atoms with Crippen LogP contribution in [0, 0.1) is 0 Å². The molecular formula is C16H20O2. The molecule has 1 saturated carbocycles. The van der Waals surface area contributed by atoms with Gasteiger partial charge in [-0.2, -0.15) is 0 Å². The molecule has 96 valence electrons. The van der Waals surface area contributed by atoms with Crippen LogP contribution in [0.3, 0.4) is 0 Å². The molecule has 4 rings (SSSR count).